The Hall–Kier alpha value is -3.61. The zero-order valence-corrected chi connectivity index (χ0v) is 14.4. The minimum absolute atomic E-state index is 0.196. The Morgan fingerprint density at radius 1 is 0.857 bits per heavy atom. The summed E-state index contributed by atoms with van der Waals surface area (Å²) in [7, 11) is 0. The number of halogens is 3. The first-order valence-corrected chi connectivity index (χ1v) is 8.18. The van der Waals surface area contributed by atoms with E-state index in [2.05, 4.69) is 4.98 Å². The number of pyridine rings is 1. The smallest absolute Gasteiger partial charge is 0.433 e. The number of benzene rings is 2. The van der Waals surface area contributed by atoms with Gasteiger partial charge in [-0.15, -0.1) is 0 Å². The Balaban J connectivity index is 1.85. The highest BCUT2D eigenvalue weighted by atomic mass is 19.4. The quantitative estimate of drug-likeness (QED) is 0.330. The Bertz CT molecular complexity index is 971. The summed E-state index contributed by atoms with van der Waals surface area (Å²) in [6.07, 6.45) is -2.24. The van der Waals surface area contributed by atoms with Crippen molar-refractivity contribution < 1.29 is 27.4 Å². The van der Waals surface area contributed by atoms with E-state index < -0.39 is 17.8 Å². The van der Waals surface area contributed by atoms with Gasteiger partial charge in [-0.3, -0.25) is 0 Å². The lowest BCUT2D eigenvalue weighted by molar-refractivity contribution is -0.141. The summed E-state index contributed by atoms with van der Waals surface area (Å²) >= 11 is 0. The van der Waals surface area contributed by atoms with E-state index in [0.717, 1.165) is 12.1 Å². The fourth-order valence-electron chi connectivity index (χ4n) is 2.21. The number of carbonyl (C=O) groups is 1. The largest absolute Gasteiger partial charge is 0.438 e. The summed E-state index contributed by atoms with van der Waals surface area (Å²) < 4.78 is 49.5. The van der Waals surface area contributed by atoms with Gasteiger partial charge in [0.05, 0.1) is 0 Å². The Morgan fingerprint density at radius 2 is 1.46 bits per heavy atom. The molecule has 3 rings (SSSR count). The first-order valence-electron chi connectivity index (χ1n) is 8.18. The van der Waals surface area contributed by atoms with Crippen molar-refractivity contribution in [2.45, 2.75) is 6.18 Å². The van der Waals surface area contributed by atoms with Crippen molar-refractivity contribution in [1.29, 1.82) is 0 Å². The standard InChI is InChI=1S/C21H14F3NO3/c22-21(23,24)18-13-11-15(20(25-18)28-17-9-5-2-6-10-17)12-14-19(26)27-16-7-3-1-4-8-16/h1-14H. The van der Waals surface area contributed by atoms with Crippen LogP contribution in [-0.2, 0) is 11.0 Å². The van der Waals surface area contributed by atoms with Gasteiger partial charge in [0, 0.05) is 11.6 Å². The van der Waals surface area contributed by atoms with Gasteiger partial charge in [-0.1, -0.05) is 36.4 Å². The molecule has 2 aromatic carbocycles. The number of nitrogens with zero attached hydrogens (tertiary/aromatic N) is 1. The van der Waals surface area contributed by atoms with Crippen LogP contribution in [0.25, 0.3) is 6.08 Å². The number of alkyl halides is 3. The molecule has 3 aromatic rings. The molecule has 7 heteroatoms. The molecule has 4 nitrogen and oxygen atoms in total. The van der Waals surface area contributed by atoms with Gasteiger partial charge in [-0.2, -0.15) is 13.2 Å². The molecule has 28 heavy (non-hydrogen) atoms. The topological polar surface area (TPSA) is 48.4 Å². The monoisotopic (exact) mass is 385 g/mol. The molecule has 1 heterocycles. The molecule has 0 saturated heterocycles. The molecule has 0 spiro atoms. The van der Waals surface area contributed by atoms with E-state index in [1.807, 2.05) is 0 Å². The van der Waals surface area contributed by atoms with Crippen molar-refractivity contribution in [3.05, 3.63) is 90.1 Å². The zero-order chi connectivity index (χ0) is 20.0. The second-order valence-electron chi connectivity index (χ2n) is 5.57. The fraction of sp³-hybridized carbons (Fsp3) is 0.0476. The minimum atomic E-state index is -4.62. The van der Waals surface area contributed by atoms with Crippen molar-refractivity contribution in [1.82, 2.24) is 4.98 Å². The van der Waals surface area contributed by atoms with Crippen LogP contribution in [0.1, 0.15) is 11.3 Å². The van der Waals surface area contributed by atoms with Crippen LogP contribution in [0.3, 0.4) is 0 Å². The zero-order valence-electron chi connectivity index (χ0n) is 14.4. The number of aromatic nitrogens is 1. The summed E-state index contributed by atoms with van der Waals surface area (Å²) in [6.45, 7) is 0. The van der Waals surface area contributed by atoms with Gasteiger partial charge in [0.15, 0.2) is 0 Å². The highest BCUT2D eigenvalue weighted by molar-refractivity contribution is 5.89. The molecule has 0 aliphatic rings. The molecule has 0 unspecified atom stereocenters. The Labute approximate surface area is 158 Å². The van der Waals surface area contributed by atoms with Crippen molar-refractivity contribution >= 4 is 12.0 Å². The molecule has 0 amide bonds. The lowest BCUT2D eigenvalue weighted by atomic mass is 10.2. The first-order chi connectivity index (χ1) is 13.4. The second kappa shape index (κ2) is 8.39. The number of rotatable bonds is 5. The molecule has 0 saturated carbocycles. The van der Waals surface area contributed by atoms with Gasteiger partial charge in [0.2, 0.25) is 5.88 Å². The van der Waals surface area contributed by atoms with E-state index in [0.29, 0.717) is 11.5 Å². The normalized spacial score (nSPS) is 11.4. The molecule has 0 N–H and O–H groups in total. The third-order valence-electron chi connectivity index (χ3n) is 3.50. The van der Waals surface area contributed by atoms with E-state index >= 15 is 0 Å². The van der Waals surface area contributed by atoms with E-state index in [-0.39, 0.29) is 11.4 Å². The maximum Gasteiger partial charge on any atom is 0.433 e. The minimum Gasteiger partial charge on any atom is -0.438 e. The molecule has 1 aromatic heterocycles. The molecular weight excluding hydrogens is 371 g/mol. The summed E-state index contributed by atoms with van der Waals surface area (Å²) in [5, 5.41) is 0. The molecule has 142 valence electrons. The second-order valence-corrected chi connectivity index (χ2v) is 5.57. The lowest BCUT2D eigenvalue weighted by Crippen LogP contribution is -2.09. The van der Waals surface area contributed by atoms with Crippen LogP contribution in [0.2, 0.25) is 0 Å². The molecule has 0 aliphatic heterocycles. The van der Waals surface area contributed by atoms with Crippen LogP contribution in [0.15, 0.2) is 78.9 Å². The average Bonchev–Trinajstić information content (AvgIpc) is 2.68. The van der Waals surface area contributed by atoms with Gasteiger partial charge < -0.3 is 9.47 Å². The van der Waals surface area contributed by atoms with Crippen molar-refractivity contribution in [3.8, 4) is 17.4 Å². The van der Waals surface area contributed by atoms with Gasteiger partial charge in [0.1, 0.15) is 17.2 Å². The number of carbonyl (C=O) groups excluding carboxylic acids is 1. The van der Waals surface area contributed by atoms with E-state index in [1.54, 1.807) is 60.7 Å². The number of ether oxygens (including phenoxy) is 2. The van der Waals surface area contributed by atoms with Crippen LogP contribution >= 0.6 is 0 Å². The van der Waals surface area contributed by atoms with Crippen molar-refractivity contribution in [2.24, 2.45) is 0 Å². The predicted octanol–water partition coefficient (Wildman–Crippen LogP) is 5.51. The number of para-hydroxylation sites is 2. The maximum atomic E-state index is 13.0. The molecular formula is C21H14F3NO3. The van der Waals surface area contributed by atoms with Crippen LogP contribution in [0.5, 0.6) is 17.4 Å². The number of hydrogen-bond donors (Lipinski definition) is 0. The third kappa shape index (κ3) is 5.20. The molecule has 0 fully saturated rings. The maximum absolute atomic E-state index is 13.0. The average molecular weight is 385 g/mol. The van der Waals surface area contributed by atoms with Gasteiger partial charge in [-0.05, 0) is 42.5 Å². The predicted molar refractivity (Wildman–Crippen MR) is 96.9 cm³/mol. The molecule has 0 bridgehead atoms. The van der Waals surface area contributed by atoms with Crippen LogP contribution in [0, 0.1) is 0 Å². The summed E-state index contributed by atoms with van der Waals surface area (Å²) in [5.74, 6) is -0.291. The highest BCUT2D eigenvalue weighted by Gasteiger charge is 2.33. The molecule has 0 aliphatic carbocycles. The summed E-state index contributed by atoms with van der Waals surface area (Å²) in [4.78, 5) is 15.5. The lowest BCUT2D eigenvalue weighted by Gasteiger charge is -2.11. The Morgan fingerprint density at radius 3 is 2.07 bits per heavy atom. The number of esters is 1. The number of hydrogen-bond acceptors (Lipinski definition) is 4. The van der Waals surface area contributed by atoms with Crippen molar-refractivity contribution in [2.75, 3.05) is 0 Å². The molecule has 0 radical (unpaired) electrons. The highest BCUT2D eigenvalue weighted by Crippen LogP contribution is 2.32. The van der Waals surface area contributed by atoms with Crippen LogP contribution in [0.4, 0.5) is 13.2 Å². The van der Waals surface area contributed by atoms with Crippen LogP contribution in [-0.4, -0.2) is 11.0 Å². The van der Waals surface area contributed by atoms with Gasteiger partial charge in [0.25, 0.3) is 0 Å². The van der Waals surface area contributed by atoms with E-state index in [4.69, 9.17) is 9.47 Å². The summed E-state index contributed by atoms with van der Waals surface area (Å²) in [6, 6.07) is 18.7. The fourth-order valence-corrected chi connectivity index (χ4v) is 2.21. The van der Waals surface area contributed by atoms with Gasteiger partial charge in [-0.25, -0.2) is 9.78 Å². The van der Waals surface area contributed by atoms with Gasteiger partial charge >= 0.3 is 12.1 Å². The molecule has 0 atom stereocenters. The summed E-state index contributed by atoms with van der Waals surface area (Å²) in [5.41, 5.74) is -0.899. The van der Waals surface area contributed by atoms with Crippen LogP contribution < -0.4 is 9.47 Å². The van der Waals surface area contributed by atoms with E-state index in [9.17, 15) is 18.0 Å². The Kier molecular flexibility index (Phi) is 5.74. The first kappa shape index (κ1) is 19.2. The van der Waals surface area contributed by atoms with Crippen molar-refractivity contribution in [3.63, 3.8) is 0 Å². The SMILES string of the molecule is O=C(C=Cc1ccc(C(F)(F)F)nc1Oc1ccccc1)Oc1ccccc1. The van der Waals surface area contributed by atoms with E-state index in [1.165, 1.54) is 12.1 Å². The third-order valence-corrected chi connectivity index (χ3v) is 3.50.